The number of unbranched alkanes of at least 4 members (excludes halogenated alkanes) is 1. The molecule has 1 aliphatic heterocycles. The number of anilines is 1. The van der Waals surface area contributed by atoms with Gasteiger partial charge >= 0.3 is 6.09 Å². The number of hydrogen-bond donors (Lipinski definition) is 0. The Morgan fingerprint density at radius 2 is 1.62 bits per heavy atom. The maximum Gasteiger partial charge on any atom is 0.422 e. The SMILES string of the molecule is CCOc1ccc(CCCCN2C(=O)OC(=Cc3ccc(N(CC)CC)cc3)C2=O)cc1. The van der Waals surface area contributed by atoms with Crippen molar-refractivity contribution in [2.24, 2.45) is 0 Å². The molecule has 0 radical (unpaired) electrons. The monoisotopic (exact) mass is 436 g/mol. The van der Waals surface area contributed by atoms with Crippen molar-refractivity contribution in [1.29, 1.82) is 0 Å². The molecule has 0 saturated carbocycles. The highest BCUT2D eigenvalue weighted by Crippen LogP contribution is 2.22. The highest BCUT2D eigenvalue weighted by Gasteiger charge is 2.35. The van der Waals surface area contributed by atoms with E-state index in [9.17, 15) is 9.59 Å². The molecular weight excluding hydrogens is 404 g/mol. The number of aryl methyl sites for hydroxylation is 1. The minimum absolute atomic E-state index is 0.0807. The van der Waals surface area contributed by atoms with Crippen LogP contribution < -0.4 is 9.64 Å². The van der Waals surface area contributed by atoms with Crippen LogP contribution in [-0.2, 0) is 16.0 Å². The van der Waals surface area contributed by atoms with Crippen LogP contribution in [-0.4, -0.2) is 43.1 Å². The number of nitrogens with zero attached hydrogens (tertiary/aromatic N) is 2. The van der Waals surface area contributed by atoms with Crippen LogP contribution in [0.15, 0.2) is 54.3 Å². The van der Waals surface area contributed by atoms with Crippen molar-refractivity contribution in [2.75, 3.05) is 31.1 Å². The van der Waals surface area contributed by atoms with Gasteiger partial charge < -0.3 is 14.4 Å². The quantitative estimate of drug-likeness (QED) is 0.355. The van der Waals surface area contributed by atoms with Crippen LogP contribution in [0.4, 0.5) is 10.5 Å². The number of cyclic esters (lactones) is 1. The Labute approximate surface area is 190 Å². The second-order valence-corrected chi connectivity index (χ2v) is 7.63. The smallest absolute Gasteiger partial charge is 0.422 e. The van der Waals surface area contributed by atoms with Crippen LogP contribution in [0, 0.1) is 0 Å². The van der Waals surface area contributed by atoms with Gasteiger partial charge in [0.25, 0.3) is 5.91 Å². The van der Waals surface area contributed by atoms with Crippen LogP contribution in [0.3, 0.4) is 0 Å². The van der Waals surface area contributed by atoms with Gasteiger partial charge in [-0.1, -0.05) is 24.3 Å². The Morgan fingerprint density at radius 1 is 0.938 bits per heavy atom. The van der Waals surface area contributed by atoms with E-state index in [2.05, 4.69) is 18.7 Å². The zero-order valence-electron chi connectivity index (χ0n) is 19.2. The number of rotatable bonds is 11. The largest absolute Gasteiger partial charge is 0.494 e. The number of carbonyl (C=O) groups excluding carboxylic acids is 2. The van der Waals surface area contributed by atoms with E-state index >= 15 is 0 Å². The van der Waals surface area contributed by atoms with Crippen LogP contribution in [0.1, 0.15) is 44.7 Å². The number of amides is 2. The second-order valence-electron chi connectivity index (χ2n) is 7.63. The summed E-state index contributed by atoms with van der Waals surface area (Å²) < 4.78 is 10.7. The Hall–Kier alpha value is -3.28. The fourth-order valence-electron chi connectivity index (χ4n) is 3.73. The van der Waals surface area contributed by atoms with E-state index in [0.717, 1.165) is 49.4 Å². The molecule has 2 aromatic carbocycles. The number of benzene rings is 2. The minimum atomic E-state index is -0.595. The van der Waals surface area contributed by atoms with E-state index in [1.807, 2.05) is 55.5 Å². The van der Waals surface area contributed by atoms with Gasteiger partial charge in [-0.2, -0.15) is 0 Å². The van der Waals surface area contributed by atoms with Gasteiger partial charge in [-0.15, -0.1) is 0 Å². The molecule has 0 unspecified atom stereocenters. The Bertz CT molecular complexity index is 931. The summed E-state index contributed by atoms with van der Waals surface area (Å²) in [5.74, 6) is 0.574. The van der Waals surface area contributed by atoms with Crippen molar-refractivity contribution in [3.8, 4) is 5.75 Å². The molecule has 3 rings (SSSR count). The average molecular weight is 437 g/mol. The maximum atomic E-state index is 12.6. The lowest BCUT2D eigenvalue weighted by Gasteiger charge is -2.20. The molecule has 1 saturated heterocycles. The normalized spacial score (nSPS) is 14.7. The van der Waals surface area contributed by atoms with Crippen LogP contribution >= 0.6 is 0 Å². The van der Waals surface area contributed by atoms with E-state index in [0.29, 0.717) is 13.2 Å². The van der Waals surface area contributed by atoms with Crippen LogP contribution in [0.2, 0.25) is 0 Å². The summed E-state index contributed by atoms with van der Waals surface area (Å²) >= 11 is 0. The molecule has 0 aromatic heterocycles. The van der Waals surface area contributed by atoms with Crippen molar-refractivity contribution in [2.45, 2.75) is 40.0 Å². The van der Waals surface area contributed by atoms with Gasteiger partial charge in [-0.3, -0.25) is 4.79 Å². The Kier molecular flexibility index (Phi) is 8.31. The molecule has 170 valence electrons. The molecule has 2 aromatic rings. The maximum absolute atomic E-state index is 12.6. The third-order valence-electron chi connectivity index (χ3n) is 5.52. The van der Waals surface area contributed by atoms with E-state index in [1.165, 1.54) is 10.5 Å². The minimum Gasteiger partial charge on any atom is -0.494 e. The van der Waals surface area contributed by atoms with Crippen molar-refractivity contribution < 1.29 is 19.1 Å². The second kappa shape index (κ2) is 11.4. The summed E-state index contributed by atoms with van der Waals surface area (Å²) in [6.45, 7) is 9.05. The lowest BCUT2D eigenvalue weighted by molar-refractivity contribution is -0.123. The molecule has 0 bridgehead atoms. The van der Waals surface area contributed by atoms with Gasteiger partial charge in [-0.25, -0.2) is 9.69 Å². The van der Waals surface area contributed by atoms with E-state index in [4.69, 9.17) is 9.47 Å². The predicted molar refractivity (Wildman–Crippen MR) is 127 cm³/mol. The molecule has 1 heterocycles. The van der Waals surface area contributed by atoms with Crippen LogP contribution in [0.5, 0.6) is 5.75 Å². The molecule has 0 aliphatic carbocycles. The first-order valence-corrected chi connectivity index (χ1v) is 11.4. The summed E-state index contributed by atoms with van der Waals surface area (Å²) in [7, 11) is 0. The lowest BCUT2D eigenvalue weighted by Crippen LogP contribution is -2.29. The number of hydrogen-bond acceptors (Lipinski definition) is 5. The lowest BCUT2D eigenvalue weighted by atomic mass is 10.1. The van der Waals surface area contributed by atoms with Crippen molar-refractivity contribution >= 4 is 23.8 Å². The standard InChI is InChI=1S/C26H32N2O4/c1-4-27(5-2)22-14-10-21(11-15-22)19-24-25(29)28(26(30)32-24)18-8-7-9-20-12-16-23(17-13-20)31-6-3/h10-17,19H,4-9,18H2,1-3H3. The average Bonchev–Trinajstić information content (AvgIpc) is 3.07. The zero-order valence-corrected chi connectivity index (χ0v) is 19.2. The zero-order chi connectivity index (χ0) is 22.9. The third kappa shape index (κ3) is 5.90. The van der Waals surface area contributed by atoms with E-state index in [-0.39, 0.29) is 11.7 Å². The number of ether oxygens (including phenoxy) is 2. The molecule has 0 atom stereocenters. The van der Waals surface area contributed by atoms with Crippen molar-refractivity contribution in [3.63, 3.8) is 0 Å². The molecule has 2 amide bonds. The molecule has 6 nitrogen and oxygen atoms in total. The van der Waals surface area contributed by atoms with Crippen molar-refractivity contribution in [3.05, 3.63) is 65.4 Å². The van der Waals surface area contributed by atoms with E-state index in [1.54, 1.807) is 6.08 Å². The number of carbonyl (C=O) groups is 2. The van der Waals surface area contributed by atoms with Gasteiger partial charge in [0.2, 0.25) is 0 Å². The summed E-state index contributed by atoms with van der Waals surface area (Å²) in [4.78, 5) is 28.3. The fraction of sp³-hybridized carbons (Fsp3) is 0.385. The number of imide groups is 1. The highest BCUT2D eigenvalue weighted by atomic mass is 16.6. The molecule has 32 heavy (non-hydrogen) atoms. The Balaban J connectivity index is 1.51. The first-order chi connectivity index (χ1) is 15.5. The molecule has 0 spiro atoms. The topological polar surface area (TPSA) is 59.1 Å². The van der Waals surface area contributed by atoms with Gasteiger partial charge in [0.1, 0.15) is 5.75 Å². The molecule has 6 heteroatoms. The van der Waals surface area contributed by atoms with Gasteiger partial charge in [0, 0.05) is 25.3 Å². The summed E-state index contributed by atoms with van der Waals surface area (Å²) in [6.07, 6.45) is 3.51. The predicted octanol–water partition coefficient (Wildman–Crippen LogP) is 5.27. The van der Waals surface area contributed by atoms with Gasteiger partial charge in [0.05, 0.1) is 6.61 Å². The fourth-order valence-corrected chi connectivity index (χ4v) is 3.73. The summed E-state index contributed by atoms with van der Waals surface area (Å²) in [6, 6.07) is 15.9. The van der Waals surface area contributed by atoms with Gasteiger partial charge in [0.15, 0.2) is 5.76 Å². The molecule has 1 fully saturated rings. The first kappa shape index (κ1) is 23.4. The summed E-state index contributed by atoms with van der Waals surface area (Å²) in [5.41, 5.74) is 3.16. The summed E-state index contributed by atoms with van der Waals surface area (Å²) in [5, 5.41) is 0. The van der Waals surface area contributed by atoms with Gasteiger partial charge in [-0.05, 0) is 81.5 Å². The van der Waals surface area contributed by atoms with Crippen LogP contribution in [0.25, 0.3) is 6.08 Å². The molecule has 0 N–H and O–H groups in total. The van der Waals surface area contributed by atoms with E-state index < -0.39 is 6.09 Å². The highest BCUT2D eigenvalue weighted by molar-refractivity contribution is 6.09. The molecule has 1 aliphatic rings. The third-order valence-corrected chi connectivity index (χ3v) is 5.52. The first-order valence-electron chi connectivity index (χ1n) is 11.4. The molecular formula is C26H32N2O4. The Morgan fingerprint density at radius 3 is 2.25 bits per heavy atom. The van der Waals surface area contributed by atoms with Crippen molar-refractivity contribution in [1.82, 2.24) is 4.90 Å².